The fourth-order valence-corrected chi connectivity index (χ4v) is 1.93. The summed E-state index contributed by atoms with van der Waals surface area (Å²) in [6.45, 7) is 3.79. The quantitative estimate of drug-likeness (QED) is 0.881. The van der Waals surface area contributed by atoms with Crippen LogP contribution in [-0.2, 0) is 4.79 Å². The van der Waals surface area contributed by atoms with Gasteiger partial charge in [0.05, 0.1) is 0 Å². The number of hydrogen-bond donors (Lipinski definition) is 2. The lowest BCUT2D eigenvalue weighted by Gasteiger charge is -2.11. The van der Waals surface area contributed by atoms with Gasteiger partial charge in [0.2, 0.25) is 0 Å². The highest BCUT2D eigenvalue weighted by molar-refractivity contribution is 6.00. The van der Waals surface area contributed by atoms with Crippen molar-refractivity contribution in [3.63, 3.8) is 0 Å². The number of amides is 2. The zero-order chi connectivity index (χ0) is 16.1. The number of hydrogen-bond acceptors (Lipinski definition) is 3. The molecule has 0 aliphatic rings. The highest BCUT2D eigenvalue weighted by Crippen LogP contribution is 2.13. The summed E-state index contributed by atoms with van der Waals surface area (Å²) in [5.41, 5.74) is 5.25. The van der Waals surface area contributed by atoms with Gasteiger partial charge in [0.1, 0.15) is 5.75 Å². The van der Waals surface area contributed by atoms with Crippen LogP contribution < -0.4 is 15.5 Å². The molecule has 0 fully saturated rings. The van der Waals surface area contributed by atoms with Crippen molar-refractivity contribution in [1.82, 2.24) is 9.99 Å². The van der Waals surface area contributed by atoms with Crippen LogP contribution in [0.4, 0.5) is 0 Å². The predicted molar refractivity (Wildman–Crippen MR) is 83.6 cm³/mol. The minimum atomic E-state index is -0.208. The van der Waals surface area contributed by atoms with Gasteiger partial charge in [-0.1, -0.05) is 0 Å². The summed E-state index contributed by atoms with van der Waals surface area (Å²) in [6, 6.07) is 10.5. The lowest BCUT2D eigenvalue weighted by atomic mass is 10.2. The zero-order valence-electron chi connectivity index (χ0n) is 12.8. The van der Waals surface area contributed by atoms with Crippen molar-refractivity contribution in [1.29, 1.82) is 0 Å². The fourth-order valence-electron chi connectivity index (χ4n) is 1.93. The molecule has 6 heteroatoms. The topological polar surface area (TPSA) is 72.4 Å². The second-order valence-electron chi connectivity index (χ2n) is 4.88. The minimum absolute atomic E-state index is 0.0518. The van der Waals surface area contributed by atoms with Crippen molar-refractivity contribution < 1.29 is 14.3 Å². The Kier molecular flexibility index (Phi) is 4.83. The van der Waals surface area contributed by atoms with Crippen LogP contribution in [-0.4, -0.2) is 30.1 Å². The van der Waals surface area contributed by atoms with Gasteiger partial charge in [-0.3, -0.25) is 19.7 Å². The first-order valence-electron chi connectivity index (χ1n) is 6.91. The summed E-state index contributed by atoms with van der Waals surface area (Å²) in [6.07, 6.45) is 0. The van der Waals surface area contributed by atoms with Crippen LogP contribution in [0.5, 0.6) is 5.75 Å². The van der Waals surface area contributed by atoms with Crippen molar-refractivity contribution in [2.45, 2.75) is 13.8 Å². The van der Waals surface area contributed by atoms with Gasteiger partial charge in [-0.05, 0) is 50.2 Å². The third kappa shape index (κ3) is 3.66. The van der Waals surface area contributed by atoms with Gasteiger partial charge in [-0.15, -0.1) is 0 Å². The predicted octanol–water partition coefficient (Wildman–Crippen LogP) is 1.61. The van der Waals surface area contributed by atoms with E-state index in [0.717, 1.165) is 11.4 Å². The summed E-state index contributed by atoms with van der Waals surface area (Å²) in [5.74, 6) is 0.120. The average Bonchev–Trinajstić information content (AvgIpc) is 2.84. The maximum atomic E-state index is 12.2. The summed E-state index contributed by atoms with van der Waals surface area (Å²) in [7, 11) is 1.55. The first-order chi connectivity index (χ1) is 10.5. The van der Waals surface area contributed by atoms with Crippen molar-refractivity contribution in [3.05, 3.63) is 53.3 Å². The summed E-state index contributed by atoms with van der Waals surface area (Å²) < 4.78 is 7.02. The van der Waals surface area contributed by atoms with Crippen molar-refractivity contribution in [3.8, 4) is 5.75 Å². The molecule has 0 unspecified atom stereocenters. The largest absolute Gasteiger partial charge is 0.484 e. The van der Waals surface area contributed by atoms with Gasteiger partial charge in [0, 0.05) is 24.0 Å². The second kappa shape index (κ2) is 6.80. The molecule has 2 N–H and O–H groups in total. The zero-order valence-corrected chi connectivity index (χ0v) is 12.8. The third-order valence-corrected chi connectivity index (χ3v) is 3.25. The van der Waals surface area contributed by atoms with E-state index in [1.165, 1.54) is 0 Å². The summed E-state index contributed by atoms with van der Waals surface area (Å²) >= 11 is 0. The van der Waals surface area contributed by atoms with Crippen molar-refractivity contribution in [2.24, 2.45) is 0 Å². The summed E-state index contributed by atoms with van der Waals surface area (Å²) in [4.78, 5) is 23.3. The van der Waals surface area contributed by atoms with Crippen LogP contribution in [0.3, 0.4) is 0 Å². The molecular formula is C16H19N3O3. The van der Waals surface area contributed by atoms with Gasteiger partial charge in [-0.2, -0.15) is 0 Å². The molecule has 2 aromatic rings. The van der Waals surface area contributed by atoms with Crippen LogP contribution in [0.25, 0.3) is 0 Å². The Morgan fingerprint density at radius 2 is 1.64 bits per heavy atom. The smallest absolute Gasteiger partial charge is 0.270 e. The molecule has 6 nitrogen and oxygen atoms in total. The van der Waals surface area contributed by atoms with Crippen molar-refractivity contribution >= 4 is 11.8 Å². The van der Waals surface area contributed by atoms with E-state index in [1.807, 2.05) is 26.0 Å². The molecule has 22 heavy (non-hydrogen) atoms. The second-order valence-corrected chi connectivity index (χ2v) is 4.88. The van der Waals surface area contributed by atoms with E-state index >= 15 is 0 Å². The lowest BCUT2D eigenvalue weighted by Crippen LogP contribution is -2.25. The fraction of sp³-hybridized carbons (Fsp3) is 0.250. The Morgan fingerprint density at radius 3 is 2.18 bits per heavy atom. The van der Waals surface area contributed by atoms with E-state index in [-0.39, 0.29) is 18.4 Å². The number of nitrogens with zero attached hydrogens (tertiary/aromatic N) is 1. The summed E-state index contributed by atoms with van der Waals surface area (Å²) in [5, 5.41) is 2.47. The Morgan fingerprint density at radius 1 is 1.05 bits per heavy atom. The highest BCUT2D eigenvalue weighted by atomic mass is 16.5. The average molecular weight is 301 g/mol. The molecule has 0 aliphatic heterocycles. The van der Waals surface area contributed by atoms with Gasteiger partial charge in [-0.25, -0.2) is 0 Å². The molecule has 0 spiro atoms. The van der Waals surface area contributed by atoms with Crippen LogP contribution in [0, 0.1) is 13.8 Å². The van der Waals surface area contributed by atoms with Crippen LogP contribution in [0.1, 0.15) is 21.7 Å². The first-order valence-corrected chi connectivity index (χ1v) is 6.91. The SMILES string of the molecule is CNC(=O)COc1ccc(C(=O)Nn2c(C)ccc2C)cc1. The Bertz CT molecular complexity index is 655. The molecule has 0 radical (unpaired) electrons. The maximum Gasteiger partial charge on any atom is 0.270 e. The molecule has 1 aromatic heterocycles. The molecule has 116 valence electrons. The number of nitrogens with one attached hydrogen (secondary N) is 2. The van der Waals surface area contributed by atoms with Gasteiger partial charge >= 0.3 is 0 Å². The van der Waals surface area contributed by atoms with E-state index in [9.17, 15) is 9.59 Å². The number of carbonyl (C=O) groups excluding carboxylic acids is 2. The van der Waals surface area contributed by atoms with Crippen LogP contribution in [0.15, 0.2) is 36.4 Å². The van der Waals surface area contributed by atoms with E-state index in [2.05, 4.69) is 10.7 Å². The highest BCUT2D eigenvalue weighted by Gasteiger charge is 2.09. The normalized spacial score (nSPS) is 10.1. The monoisotopic (exact) mass is 301 g/mol. The number of ether oxygens (including phenoxy) is 1. The molecule has 0 bridgehead atoms. The van der Waals surface area contributed by atoms with Crippen LogP contribution >= 0.6 is 0 Å². The molecule has 1 aromatic carbocycles. The lowest BCUT2D eigenvalue weighted by molar-refractivity contribution is -0.122. The number of aromatic nitrogens is 1. The van der Waals surface area contributed by atoms with E-state index in [4.69, 9.17) is 4.74 Å². The van der Waals surface area contributed by atoms with Gasteiger partial charge in [0.15, 0.2) is 6.61 Å². The third-order valence-electron chi connectivity index (χ3n) is 3.25. The molecule has 2 rings (SSSR count). The standard InChI is InChI=1S/C16H19N3O3/c1-11-4-5-12(2)19(11)18-16(21)13-6-8-14(9-7-13)22-10-15(20)17-3/h4-9H,10H2,1-3H3,(H,17,20)(H,18,21). The Labute approximate surface area is 129 Å². The number of benzene rings is 1. The minimum Gasteiger partial charge on any atom is -0.484 e. The molecule has 0 saturated heterocycles. The Balaban J connectivity index is 2.01. The van der Waals surface area contributed by atoms with E-state index in [0.29, 0.717) is 11.3 Å². The molecule has 0 saturated carbocycles. The first kappa shape index (κ1) is 15.6. The van der Waals surface area contributed by atoms with E-state index < -0.39 is 0 Å². The van der Waals surface area contributed by atoms with Crippen molar-refractivity contribution in [2.75, 3.05) is 19.1 Å². The molecular weight excluding hydrogens is 282 g/mol. The number of aryl methyl sites for hydroxylation is 2. The molecule has 1 heterocycles. The molecule has 2 amide bonds. The van der Waals surface area contributed by atoms with Gasteiger partial charge < -0.3 is 10.1 Å². The Hall–Kier alpha value is -2.76. The maximum absolute atomic E-state index is 12.2. The number of rotatable bonds is 5. The van der Waals surface area contributed by atoms with E-state index in [1.54, 1.807) is 36.0 Å². The molecule has 0 aliphatic carbocycles. The van der Waals surface area contributed by atoms with Crippen LogP contribution in [0.2, 0.25) is 0 Å². The van der Waals surface area contributed by atoms with Gasteiger partial charge in [0.25, 0.3) is 11.8 Å². The molecule has 0 atom stereocenters. The number of carbonyl (C=O) groups is 2. The number of likely N-dealkylation sites (N-methyl/N-ethyl adjacent to an activating group) is 1.